The van der Waals surface area contributed by atoms with Gasteiger partial charge >= 0.3 is 5.97 Å². The minimum absolute atomic E-state index is 0.00936. The molecule has 0 N–H and O–H groups in total. The van der Waals surface area contributed by atoms with Crippen LogP contribution in [0, 0.1) is 5.92 Å². The van der Waals surface area contributed by atoms with Crippen molar-refractivity contribution < 1.29 is 9.53 Å². The molecular formula is C14H26O2. The van der Waals surface area contributed by atoms with E-state index in [0.717, 1.165) is 18.8 Å². The van der Waals surface area contributed by atoms with Crippen molar-refractivity contribution in [3.8, 4) is 0 Å². The van der Waals surface area contributed by atoms with E-state index in [1.807, 2.05) is 6.92 Å². The number of hydrogen-bond donors (Lipinski definition) is 0. The third-order valence-electron chi connectivity index (χ3n) is 2.91. The van der Waals surface area contributed by atoms with Gasteiger partial charge in [0, 0.05) is 5.57 Å². The maximum Gasteiger partial charge on any atom is 0.333 e. The second-order valence-electron chi connectivity index (χ2n) is 4.64. The Morgan fingerprint density at radius 3 is 2.31 bits per heavy atom. The van der Waals surface area contributed by atoms with E-state index in [1.54, 1.807) is 6.92 Å². The van der Waals surface area contributed by atoms with E-state index in [4.69, 9.17) is 4.74 Å². The SMILES string of the molecule is C=C(C)C(=O)OC(C)CCC(CC)CCC. The molecule has 0 saturated carbocycles. The first-order chi connectivity index (χ1) is 7.51. The van der Waals surface area contributed by atoms with Gasteiger partial charge in [-0.2, -0.15) is 0 Å². The maximum atomic E-state index is 11.3. The molecule has 2 unspecified atom stereocenters. The fourth-order valence-electron chi connectivity index (χ4n) is 1.77. The number of carbonyl (C=O) groups is 1. The van der Waals surface area contributed by atoms with Gasteiger partial charge in [-0.05, 0) is 32.6 Å². The number of ether oxygens (including phenoxy) is 1. The lowest BCUT2D eigenvalue weighted by Gasteiger charge is -2.17. The first-order valence-corrected chi connectivity index (χ1v) is 6.37. The average molecular weight is 226 g/mol. The van der Waals surface area contributed by atoms with Crippen LogP contribution in [0.25, 0.3) is 0 Å². The maximum absolute atomic E-state index is 11.3. The molecule has 0 aliphatic carbocycles. The molecule has 0 fully saturated rings. The zero-order valence-corrected chi connectivity index (χ0v) is 11.2. The number of rotatable bonds is 8. The molecule has 2 nitrogen and oxygen atoms in total. The summed E-state index contributed by atoms with van der Waals surface area (Å²) in [5.74, 6) is 0.507. The molecule has 0 aromatic carbocycles. The van der Waals surface area contributed by atoms with Crippen molar-refractivity contribution >= 4 is 5.97 Å². The van der Waals surface area contributed by atoms with E-state index in [-0.39, 0.29) is 12.1 Å². The molecule has 0 aromatic rings. The van der Waals surface area contributed by atoms with Crippen LogP contribution >= 0.6 is 0 Å². The normalized spacial score (nSPS) is 14.2. The van der Waals surface area contributed by atoms with Gasteiger partial charge in [-0.25, -0.2) is 4.79 Å². The summed E-state index contributed by atoms with van der Waals surface area (Å²) in [6.07, 6.45) is 5.84. The Balaban J connectivity index is 3.82. The van der Waals surface area contributed by atoms with Crippen LogP contribution in [0.3, 0.4) is 0 Å². The minimum atomic E-state index is -0.268. The van der Waals surface area contributed by atoms with Gasteiger partial charge in [0.15, 0.2) is 0 Å². The Labute approximate surface area is 100 Å². The van der Waals surface area contributed by atoms with Crippen LogP contribution in [0.4, 0.5) is 0 Å². The first kappa shape index (κ1) is 15.2. The molecular weight excluding hydrogens is 200 g/mol. The van der Waals surface area contributed by atoms with Gasteiger partial charge in [-0.15, -0.1) is 0 Å². The lowest BCUT2D eigenvalue weighted by Crippen LogP contribution is -2.16. The van der Waals surface area contributed by atoms with Crippen molar-refractivity contribution in [1.82, 2.24) is 0 Å². The van der Waals surface area contributed by atoms with E-state index in [9.17, 15) is 4.79 Å². The molecule has 94 valence electrons. The lowest BCUT2D eigenvalue weighted by atomic mass is 9.94. The van der Waals surface area contributed by atoms with E-state index < -0.39 is 0 Å². The van der Waals surface area contributed by atoms with Crippen LogP contribution in [-0.4, -0.2) is 12.1 Å². The topological polar surface area (TPSA) is 26.3 Å². The third kappa shape index (κ3) is 6.65. The van der Waals surface area contributed by atoms with Crippen molar-refractivity contribution in [1.29, 1.82) is 0 Å². The second-order valence-corrected chi connectivity index (χ2v) is 4.64. The van der Waals surface area contributed by atoms with E-state index in [1.165, 1.54) is 19.3 Å². The van der Waals surface area contributed by atoms with Crippen LogP contribution in [0.2, 0.25) is 0 Å². The lowest BCUT2D eigenvalue weighted by molar-refractivity contribution is -0.143. The fraction of sp³-hybridized carbons (Fsp3) is 0.786. The van der Waals surface area contributed by atoms with Crippen LogP contribution in [0.1, 0.15) is 59.8 Å². The van der Waals surface area contributed by atoms with Crippen molar-refractivity contribution in [2.75, 3.05) is 0 Å². The van der Waals surface area contributed by atoms with Crippen LogP contribution in [0.5, 0.6) is 0 Å². The Morgan fingerprint density at radius 1 is 1.25 bits per heavy atom. The Morgan fingerprint density at radius 2 is 1.88 bits per heavy atom. The van der Waals surface area contributed by atoms with E-state index in [2.05, 4.69) is 20.4 Å². The zero-order chi connectivity index (χ0) is 12.6. The van der Waals surface area contributed by atoms with Crippen molar-refractivity contribution in [2.24, 2.45) is 5.92 Å². The second kappa shape index (κ2) is 8.37. The van der Waals surface area contributed by atoms with Crippen molar-refractivity contribution in [3.05, 3.63) is 12.2 Å². The first-order valence-electron chi connectivity index (χ1n) is 6.37. The Hall–Kier alpha value is -0.790. The van der Waals surface area contributed by atoms with Gasteiger partial charge < -0.3 is 4.74 Å². The van der Waals surface area contributed by atoms with Crippen LogP contribution in [0.15, 0.2) is 12.2 Å². The quantitative estimate of drug-likeness (QED) is 0.460. The summed E-state index contributed by atoms with van der Waals surface area (Å²) < 4.78 is 5.25. The van der Waals surface area contributed by atoms with Crippen LogP contribution in [-0.2, 0) is 9.53 Å². The summed E-state index contributed by atoms with van der Waals surface area (Å²) in [5, 5.41) is 0. The predicted molar refractivity (Wildman–Crippen MR) is 68.3 cm³/mol. The van der Waals surface area contributed by atoms with E-state index in [0.29, 0.717) is 5.57 Å². The summed E-state index contributed by atoms with van der Waals surface area (Å²) in [6.45, 7) is 11.7. The average Bonchev–Trinajstić information content (AvgIpc) is 2.23. The van der Waals surface area contributed by atoms with Gasteiger partial charge in [0.2, 0.25) is 0 Å². The molecule has 0 rings (SSSR count). The highest BCUT2D eigenvalue weighted by molar-refractivity contribution is 5.87. The van der Waals surface area contributed by atoms with Gasteiger partial charge in [-0.1, -0.05) is 39.7 Å². The van der Waals surface area contributed by atoms with Gasteiger partial charge in [0.25, 0.3) is 0 Å². The number of carbonyl (C=O) groups excluding carboxylic acids is 1. The standard InChI is InChI=1S/C14H26O2/c1-6-8-13(7-2)10-9-12(5)16-14(15)11(3)4/h12-13H,3,6-10H2,1-2,4-5H3. The molecule has 16 heavy (non-hydrogen) atoms. The Bertz CT molecular complexity index is 221. The van der Waals surface area contributed by atoms with Crippen molar-refractivity contribution in [3.63, 3.8) is 0 Å². The molecule has 0 heterocycles. The van der Waals surface area contributed by atoms with Crippen molar-refractivity contribution in [2.45, 2.75) is 65.9 Å². The summed E-state index contributed by atoms with van der Waals surface area (Å²) in [5.41, 5.74) is 0.479. The summed E-state index contributed by atoms with van der Waals surface area (Å²) in [4.78, 5) is 11.3. The molecule has 0 aliphatic rings. The molecule has 0 amide bonds. The molecule has 0 radical (unpaired) electrons. The predicted octanol–water partition coefficient (Wildman–Crippen LogP) is 4.10. The highest BCUT2D eigenvalue weighted by Gasteiger charge is 2.12. The van der Waals surface area contributed by atoms with E-state index >= 15 is 0 Å². The fourth-order valence-corrected chi connectivity index (χ4v) is 1.77. The smallest absolute Gasteiger partial charge is 0.333 e. The number of esters is 1. The molecule has 2 atom stereocenters. The van der Waals surface area contributed by atoms with Crippen LogP contribution < -0.4 is 0 Å². The molecule has 2 heteroatoms. The monoisotopic (exact) mass is 226 g/mol. The molecule has 0 aromatic heterocycles. The zero-order valence-electron chi connectivity index (χ0n) is 11.2. The van der Waals surface area contributed by atoms with Gasteiger partial charge in [0.1, 0.15) is 0 Å². The highest BCUT2D eigenvalue weighted by atomic mass is 16.5. The highest BCUT2D eigenvalue weighted by Crippen LogP contribution is 2.19. The van der Waals surface area contributed by atoms with Gasteiger partial charge in [0.05, 0.1) is 6.10 Å². The third-order valence-corrected chi connectivity index (χ3v) is 2.91. The number of hydrogen-bond acceptors (Lipinski definition) is 2. The summed E-state index contributed by atoms with van der Waals surface area (Å²) in [6, 6.07) is 0. The largest absolute Gasteiger partial charge is 0.459 e. The molecule has 0 aliphatic heterocycles. The molecule has 0 bridgehead atoms. The summed E-state index contributed by atoms with van der Waals surface area (Å²) >= 11 is 0. The summed E-state index contributed by atoms with van der Waals surface area (Å²) in [7, 11) is 0. The molecule has 0 spiro atoms. The molecule has 0 saturated heterocycles. The Kier molecular flexibility index (Phi) is 7.96. The van der Waals surface area contributed by atoms with Gasteiger partial charge in [-0.3, -0.25) is 0 Å². The minimum Gasteiger partial charge on any atom is -0.459 e.